The average molecular weight is 598 g/mol. The second kappa shape index (κ2) is 13.9. The van der Waals surface area contributed by atoms with Crippen LogP contribution in [0.5, 0.6) is 5.75 Å². The summed E-state index contributed by atoms with van der Waals surface area (Å²) in [6.45, 7) is 16.7. The van der Waals surface area contributed by atoms with Gasteiger partial charge < -0.3 is 30.1 Å². The highest BCUT2D eigenvalue weighted by molar-refractivity contribution is 5.93. The number of alkyl carbamates (subject to hydrolysis) is 1. The number of aromatic hydroxyl groups is 1. The number of hydrogen-bond donors (Lipinski definition) is 3. The van der Waals surface area contributed by atoms with E-state index in [2.05, 4.69) is 10.6 Å². The molecule has 0 heterocycles. The molecule has 0 aromatic heterocycles. The summed E-state index contributed by atoms with van der Waals surface area (Å²) >= 11 is 0. The Bertz CT molecular complexity index is 1290. The van der Waals surface area contributed by atoms with Crippen LogP contribution >= 0.6 is 0 Å². The highest BCUT2D eigenvalue weighted by Gasteiger charge is 2.41. The highest BCUT2D eigenvalue weighted by Crippen LogP contribution is 2.35. The molecule has 0 spiro atoms. The molecule has 0 aliphatic rings. The minimum atomic E-state index is -1.37. The summed E-state index contributed by atoms with van der Waals surface area (Å²) < 4.78 is 10.9. The third kappa shape index (κ3) is 10.9. The van der Waals surface area contributed by atoms with Gasteiger partial charge in [-0.2, -0.15) is 0 Å². The van der Waals surface area contributed by atoms with Crippen molar-refractivity contribution < 1.29 is 33.8 Å². The van der Waals surface area contributed by atoms with E-state index < -0.39 is 59.2 Å². The van der Waals surface area contributed by atoms with E-state index in [9.17, 15) is 24.3 Å². The number of phenolic OH excluding ortho intramolecular Hbond substituents is 1. The van der Waals surface area contributed by atoms with Gasteiger partial charge in [0.1, 0.15) is 35.6 Å². The lowest BCUT2D eigenvalue weighted by Gasteiger charge is -2.42. The van der Waals surface area contributed by atoms with Gasteiger partial charge >= 0.3 is 12.1 Å². The first-order valence-corrected chi connectivity index (χ1v) is 14.3. The molecule has 2 atom stereocenters. The number of benzene rings is 2. The zero-order valence-corrected chi connectivity index (χ0v) is 27.0. The van der Waals surface area contributed by atoms with Crippen LogP contribution in [0.15, 0.2) is 48.5 Å². The predicted molar refractivity (Wildman–Crippen MR) is 164 cm³/mol. The van der Waals surface area contributed by atoms with Gasteiger partial charge in [-0.15, -0.1) is 0 Å². The summed E-state index contributed by atoms with van der Waals surface area (Å²) in [6.07, 6.45) is -0.653. The van der Waals surface area contributed by atoms with Crippen molar-refractivity contribution in [1.82, 2.24) is 15.5 Å². The van der Waals surface area contributed by atoms with Crippen molar-refractivity contribution in [2.75, 3.05) is 6.54 Å². The monoisotopic (exact) mass is 597 g/mol. The number of rotatable bonds is 9. The lowest BCUT2D eigenvalue weighted by molar-refractivity contribution is -0.159. The van der Waals surface area contributed by atoms with Gasteiger partial charge in [-0.3, -0.25) is 9.59 Å². The molecule has 0 fully saturated rings. The van der Waals surface area contributed by atoms with Gasteiger partial charge in [0.05, 0.1) is 0 Å². The SMILES string of the molecule is Cc1cccc(C(C(=O)NC(Cc2ccccc2)C(=O)OC(C)(C)C)N(C(=O)CNC(=O)OC(C)(C)C)C(C)(C)C)c1O. The van der Waals surface area contributed by atoms with Crippen LogP contribution in [-0.2, 0) is 30.3 Å². The van der Waals surface area contributed by atoms with E-state index in [1.807, 2.05) is 30.3 Å². The lowest BCUT2D eigenvalue weighted by atomic mass is 9.94. The van der Waals surface area contributed by atoms with Crippen molar-refractivity contribution in [2.45, 2.75) is 104 Å². The molecular weight excluding hydrogens is 550 g/mol. The molecule has 0 saturated heterocycles. The van der Waals surface area contributed by atoms with Crippen molar-refractivity contribution in [2.24, 2.45) is 0 Å². The number of ether oxygens (including phenoxy) is 2. The van der Waals surface area contributed by atoms with E-state index >= 15 is 0 Å². The molecule has 2 unspecified atom stereocenters. The molecule has 10 nitrogen and oxygen atoms in total. The van der Waals surface area contributed by atoms with Gasteiger partial charge in [0, 0.05) is 17.5 Å². The predicted octanol–water partition coefficient (Wildman–Crippen LogP) is 4.96. The van der Waals surface area contributed by atoms with E-state index in [-0.39, 0.29) is 17.7 Å². The molecule has 0 aliphatic heterocycles. The molecule has 236 valence electrons. The fourth-order valence-electron chi connectivity index (χ4n) is 4.42. The Kier molecular flexibility index (Phi) is 11.4. The third-order valence-electron chi connectivity index (χ3n) is 6.13. The van der Waals surface area contributed by atoms with E-state index in [0.717, 1.165) is 5.56 Å². The molecule has 2 aromatic carbocycles. The fraction of sp³-hybridized carbons (Fsp3) is 0.515. The number of nitrogens with zero attached hydrogens (tertiary/aromatic N) is 1. The molecule has 0 saturated carbocycles. The number of carbonyl (C=O) groups is 4. The first-order chi connectivity index (χ1) is 19.7. The van der Waals surface area contributed by atoms with Gasteiger partial charge in [0.2, 0.25) is 11.8 Å². The highest BCUT2D eigenvalue weighted by atomic mass is 16.6. The van der Waals surface area contributed by atoms with Crippen LogP contribution in [0.25, 0.3) is 0 Å². The Morgan fingerprint density at radius 3 is 1.95 bits per heavy atom. The Balaban J connectivity index is 2.56. The summed E-state index contributed by atoms with van der Waals surface area (Å²) in [4.78, 5) is 55.0. The number of phenols is 1. The minimum Gasteiger partial charge on any atom is -0.507 e. The molecule has 3 amide bonds. The molecular formula is C33H47N3O7. The van der Waals surface area contributed by atoms with E-state index in [1.54, 1.807) is 87.4 Å². The maximum Gasteiger partial charge on any atom is 0.408 e. The minimum absolute atomic E-state index is 0.137. The molecule has 0 aliphatic carbocycles. The molecule has 0 radical (unpaired) electrons. The second-order valence-corrected chi connectivity index (χ2v) is 13.5. The van der Waals surface area contributed by atoms with Crippen LogP contribution in [0, 0.1) is 6.92 Å². The molecule has 10 heteroatoms. The molecule has 3 N–H and O–H groups in total. The lowest BCUT2D eigenvalue weighted by Crippen LogP contribution is -2.57. The number of para-hydroxylation sites is 1. The second-order valence-electron chi connectivity index (χ2n) is 13.5. The van der Waals surface area contributed by atoms with Crippen LogP contribution in [0.1, 0.15) is 85.0 Å². The standard InChI is InChI=1S/C33H47N3O7/c1-21-15-14-18-23(27(21)38)26(36(31(2,3)4)25(37)20-34-30(41)43-33(8,9)10)28(39)35-24(29(40)42-32(5,6)7)19-22-16-12-11-13-17-22/h11-18,24,26,38H,19-20H2,1-10H3,(H,34,41)(H,35,39). The van der Waals surface area contributed by atoms with Gasteiger partial charge in [-0.1, -0.05) is 48.5 Å². The smallest absolute Gasteiger partial charge is 0.408 e. The number of esters is 1. The van der Waals surface area contributed by atoms with E-state index in [1.165, 1.54) is 4.90 Å². The molecule has 0 bridgehead atoms. The Morgan fingerprint density at radius 1 is 0.837 bits per heavy atom. The van der Waals surface area contributed by atoms with Crippen LogP contribution in [0.3, 0.4) is 0 Å². The van der Waals surface area contributed by atoms with Crippen molar-refractivity contribution in [3.63, 3.8) is 0 Å². The zero-order valence-electron chi connectivity index (χ0n) is 27.0. The van der Waals surface area contributed by atoms with Gasteiger partial charge in [-0.05, 0) is 80.4 Å². The molecule has 2 aromatic rings. The quantitative estimate of drug-likeness (QED) is 0.348. The Hall–Kier alpha value is -4.08. The zero-order chi connectivity index (χ0) is 32.8. The van der Waals surface area contributed by atoms with E-state index in [0.29, 0.717) is 5.56 Å². The summed E-state index contributed by atoms with van der Waals surface area (Å²) in [7, 11) is 0. The first-order valence-electron chi connectivity index (χ1n) is 14.3. The van der Waals surface area contributed by atoms with Gasteiger partial charge in [-0.25, -0.2) is 9.59 Å². The Morgan fingerprint density at radius 2 is 1.42 bits per heavy atom. The summed E-state index contributed by atoms with van der Waals surface area (Å²) in [5, 5.41) is 16.4. The van der Waals surface area contributed by atoms with Gasteiger partial charge in [0.15, 0.2) is 0 Å². The van der Waals surface area contributed by atoms with Crippen molar-refractivity contribution in [1.29, 1.82) is 0 Å². The number of aryl methyl sites for hydroxylation is 1. The van der Waals surface area contributed by atoms with E-state index in [4.69, 9.17) is 9.47 Å². The maximum absolute atomic E-state index is 14.3. The van der Waals surface area contributed by atoms with Crippen LogP contribution in [-0.4, -0.2) is 63.2 Å². The van der Waals surface area contributed by atoms with Crippen molar-refractivity contribution >= 4 is 23.9 Å². The molecule has 43 heavy (non-hydrogen) atoms. The largest absolute Gasteiger partial charge is 0.507 e. The number of hydrogen-bond acceptors (Lipinski definition) is 7. The van der Waals surface area contributed by atoms with Crippen molar-refractivity contribution in [3.05, 3.63) is 65.2 Å². The topological polar surface area (TPSA) is 134 Å². The van der Waals surface area contributed by atoms with Crippen LogP contribution < -0.4 is 10.6 Å². The summed E-state index contributed by atoms with van der Waals surface area (Å²) in [6, 6.07) is 11.6. The number of carbonyl (C=O) groups excluding carboxylic acids is 4. The summed E-state index contributed by atoms with van der Waals surface area (Å²) in [5.41, 5.74) is -1.10. The summed E-state index contributed by atoms with van der Waals surface area (Å²) in [5.74, 6) is -2.11. The molecule has 2 rings (SSSR count). The van der Waals surface area contributed by atoms with Gasteiger partial charge in [0.25, 0.3) is 0 Å². The number of nitrogens with one attached hydrogen (secondary N) is 2. The maximum atomic E-state index is 14.3. The average Bonchev–Trinajstić information content (AvgIpc) is 2.85. The fourth-order valence-corrected chi connectivity index (χ4v) is 4.42. The normalized spacial score (nSPS) is 13.3. The Labute approximate surface area is 255 Å². The van der Waals surface area contributed by atoms with Crippen molar-refractivity contribution in [3.8, 4) is 5.75 Å². The third-order valence-corrected chi connectivity index (χ3v) is 6.13. The number of amides is 3. The van der Waals surface area contributed by atoms with Crippen LogP contribution in [0.2, 0.25) is 0 Å². The first kappa shape index (κ1) is 35.1. The van der Waals surface area contributed by atoms with Crippen LogP contribution in [0.4, 0.5) is 4.79 Å².